The van der Waals surface area contributed by atoms with Crippen molar-refractivity contribution in [2.45, 2.75) is 6.54 Å². The Morgan fingerprint density at radius 3 is 3.07 bits per heavy atom. The van der Waals surface area contributed by atoms with E-state index in [1.165, 1.54) is 11.3 Å². The van der Waals surface area contributed by atoms with Crippen molar-refractivity contribution in [2.24, 2.45) is 7.05 Å². The van der Waals surface area contributed by atoms with E-state index >= 15 is 0 Å². The molecule has 14 heavy (non-hydrogen) atoms. The maximum absolute atomic E-state index is 5.68. The maximum Gasteiger partial charge on any atom is 0.185 e. The first kappa shape index (κ1) is 9.42. The van der Waals surface area contributed by atoms with Crippen molar-refractivity contribution in [3.63, 3.8) is 0 Å². The number of nitrogens with zero attached hydrogens (tertiary/aromatic N) is 4. The van der Waals surface area contributed by atoms with E-state index in [9.17, 15) is 0 Å². The number of rotatable bonds is 3. The Balaban J connectivity index is 1.94. The van der Waals surface area contributed by atoms with Crippen molar-refractivity contribution in [3.8, 4) is 0 Å². The number of anilines is 1. The summed E-state index contributed by atoms with van der Waals surface area (Å²) in [7, 11) is 1.83. The lowest BCUT2D eigenvalue weighted by Gasteiger charge is -1.96. The Morgan fingerprint density at radius 2 is 2.50 bits per heavy atom. The summed E-state index contributed by atoms with van der Waals surface area (Å²) in [6.07, 6.45) is 1.66. The Morgan fingerprint density at radius 1 is 1.64 bits per heavy atom. The van der Waals surface area contributed by atoms with Gasteiger partial charge in [0.1, 0.15) is 12.1 Å². The Kier molecular flexibility index (Phi) is 2.64. The number of hydrogen-bond donors (Lipinski definition) is 1. The molecule has 0 fully saturated rings. The van der Waals surface area contributed by atoms with E-state index in [2.05, 4.69) is 20.4 Å². The van der Waals surface area contributed by atoms with Crippen LogP contribution in [0.4, 0.5) is 5.82 Å². The van der Waals surface area contributed by atoms with Gasteiger partial charge >= 0.3 is 0 Å². The second-order valence-electron chi connectivity index (χ2n) is 2.67. The molecule has 0 aromatic carbocycles. The molecule has 74 valence electrons. The van der Waals surface area contributed by atoms with Crippen LogP contribution >= 0.6 is 22.9 Å². The fourth-order valence-electron chi connectivity index (χ4n) is 0.968. The van der Waals surface area contributed by atoms with Gasteiger partial charge in [0.25, 0.3) is 0 Å². The van der Waals surface area contributed by atoms with Crippen LogP contribution in [0.25, 0.3) is 0 Å². The fraction of sp³-hybridized carbons (Fsp3) is 0.286. The third kappa shape index (κ3) is 2.21. The summed E-state index contributed by atoms with van der Waals surface area (Å²) in [6.45, 7) is 0.556. The topological polar surface area (TPSA) is 55.6 Å². The molecule has 0 saturated carbocycles. The highest BCUT2D eigenvalue weighted by Crippen LogP contribution is 2.18. The summed E-state index contributed by atoms with van der Waals surface area (Å²) in [5, 5.41) is 9.04. The summed E-state index contributed by atoms with van der Waals surface area (Å²) < 4.78 is 2.19. The molecule has 7 heteroatoms. The molecule has 0 radical (unpaired) electrons. The number of halogens is 1. The monoisotopic (exact) mass is 229 g/mol. The Bertz CT molecular complexity index is 383. The van der Waals surface area contributed by atoms with Crippen molar-refractivity contribution in [2.75, 3.05) is 5.32 Å². The highest BCUT2D eigenvalue weighted by atomic mass is 35.5. The molecular formula is C7H8ClN5S. The predicted molar refractivity (Wildman–Crippen MR) is 55.5 cm³/mol. The Labute approximate surface area is 89.8 Å². The van der Waals surface area contributed by atoms with E-state index in [1.54, 1.807) is 11.0 Å². The molecule has 0 atom stereocenters. The number of aromatic nitrogens is 4. The van der Waals surface area contributed by atoms with Gasteiger partial charge in [0.05, 0.1) is 6.54 Å². The first-order valence-corrected chi connectivity index (χ1v) is 5.19. The van der Waals surface area contributed by atoms with E-state index in [-0.39, 0.29) is 0 Å². The van der Waals surface area contributed by atoms with Crippen LogP contribution in [0.2, 0.25) is 4.47 Å². The molecule has 2 aromatic rings. The zero-order valence-corrected chi connectivity index (χ0v) is 9.01. The number of nitrogens with one attached hydrogen (secondary N) is 1. The van der Waals surface area contributed by atoms with Gasteiger partial charge in [-0.1, -0.05) is 11.6 Å². The van der Waals surface area contributed by atoms with Gasteiger partial charge in [-0.05, 0) is 0 Å². The average Bonchev–Trinajstić information content (AvgIpc) is 2.72. The summed E-state index contributed by atoms with van der Waals surface area (Å²) in [5.41, 5.74) is 0. The maximum atomic E-state index is 5.68. The molecule has 2 rings (SSSR count). The zero-order valence-electron chi connectivity index (χ0n) is 7.44. The molecule has 0 saturated heterocycles. The van der Waals surface area contributed by atoms with Gasteiger partial charge < -0.3 is 5.32 Å². The van der Waals surface area contributed by atoms with Crippen molar-refractivity contribution in [3.05, 3.63) is 22.0 Å². The highest BCUT2D eigenvalue weighted by Gasteiger charge is 2.01. The van der Waals surface area contributed by atoms with Crippen molar-refractivity contribution < 1.29 is 0 Å². The largest absolute Gasteiger partial charge is 0.362 e. The molecule has 0 aliphatic carbocycles. The highest BCUT2D eigenvalue weighted by molar-refractivity contribution is 7.14. The normalized spacial score (nSPS) is 10.4. The summed E-state index contributed by atoms with van der Waals surface area (Å²) in [4.78, 5) is 8.11. The lowest BCUT2D eigenvalue weighted by atomic mass is 10.6. The minimum atomic E-state index is 0.529. The molecule has 5 nitrogen and oxygen atoms in total. The average molecular weight is 230 g/mol. The third-order valence-corrected chi connectivity index (χ3v) is 2.53. The third-order valence-electron chi connectivity index (χ3n) is 1.55. The first-order valence-electron chi connectivity index (χ1n) is 3.93. The van der Waals surface area contributed by atoms with E-state index in [0.29, 0.717) is 11.0 Å². The van der Waals surface area contributed by atoms with Crippen LogP contribution in [-0.2, 0) is 13.6 Å². The van der Waals surface area contributed by atoms with Gasteiger partial charge in [0.2, 0.25) is 0 Å². The van der Waals surface area contributed by atoms with E-state index < -0.39 is 0 Å². The first-order chi connectivity index (χ1) is 6.74. The lowest BCUT2D eigenvalue weighted by Crippen LogP contribution is -2.02. The molecule has 1 N–H and O–H groups in total. The minimum absolute atomic E-state index is 0.529. The number of aryl methyl sites for hydroxylation is 1. The number of hydrogen-bond acceptors (Lipinski definition) is 5. The van der Waals surface area contributed by atoms with Gasteiger partial charge in [-0.3, -0.25) is 4.68 Å². The second kappa shape index (κ2) is 3.93. The van der Waals surface area contributed by atoms with Gasteiger partial charge in [-0.15, -0.1) is 11.3 Å². The van der Waals surface area contributed by atoms with Crippen molar-refractivity contribution in [1.82, 2.24) is 19.7 Å². The van der Waals surface area contributed by atoms with E-state index in [1.807, 2.05) is 12.4 Å². The van der Waals surface area contributed by atoms with Crippen LogP contribution in [0.1, 0.15) is 5.82 Å². The zero-order chi connectivity index (χ0) is 9.97. The van der Waals surface area contributed by atoms with E-state index in [0.717, 1.165) is 11.6 Å². The molecule has 0 aliphatic rings. The van der Waals surface area contributed by atoms with Gasteiger partial charge in [0, 0.05) is 12.4 Å². The van der Waals surface area contributed by atoms with Gasteiger partial charge in [0.15, 0.2) is 10.3 Å². The molecule has 2 aromatic heterocycles. The van der Waals surface area contributed by atoms with Crippen LogP contribution in [0.3, 0.4) is 0 Å². The van der Waals surface area contributed by atoms with Crippen molar-refractivity contribution in [1.29, 1.82) is 0 Å². The smallest absolute Gasteiger partial charge is 0.185 e. The van der Waals surface area contributed by atoms with Crippen LogP contribution < -0.4 is 5.32 Å². The molecule has 0 unspecified atom stereocenters. The summed E-state index contributed by atoms with van der Waals surface area (Å²) in [5.74, 6) is 1.49. The van der Waals surface area contributed by atoms with Crippen LogP contribution in [0.5, 0.6) is 0 Å². The summed E-state index contributed by atoms with van der Waals surface area (Å²) >= 11 is 7.07. The molecular weight excluding hydrogens is 222 g/mol. The second-order valence-corrected chi connectivity index (χ2v) is 4.11. The molecule has 0 bridgehead atoms. The molecule has 2 heterocycles. The van der Waals surface area contributed by atoms with Crippen LogP contribution in [0.15, 0.2) is 11.7 Å². The van der Waals surface area contributed by atoms with Crippen LogP contribution in [0, 0.1) is 0 Å². The quantitative estimate of drug-likeness (QED) is 0.868. The SMILES string of the molecule is Cn1cnc(CNc2csc(Cl)n2)n1. The minimum Gasteiger partial charge on any atom is -0.362 e. The molecule has 0 amide bonds. The van der Waals surface area contributed by atoms with Crippen LogP contribution in [-0.4, -0.2) is 19.7 Å². The standard InChI is InChI=1S/C7H8ClN5S/c1-13-4-10-5(12-13)2-9-6-3-14-7(8)11-6/h3-4,9H,2H2,1H3. The number of thiazole rings is 1. The van der Waals surface area contributed by atoms with Gasteiger partial charge in [-0.2, -0.15) is 5.10 Å². The van der Waals surface area contributed by atoms with Crippen molar-refractivity contribution >= 4 is 28.8 Å². The van der Waals surface area contributed by atoms with Gasteiger partial charge in [-0.25, -0.2) is 9.97 Å². The fourth-order valence-corrected chi connectivity index (χ4v) is 1.69. The molecule has 0 spiro atoms. The van der Waals surface area contributed by atoms with E-state index in [4.69, 9.17) is 11.6 Å². The molecule has 0 aliphatic heterocycles. The summed E-state index contributed by atoms with van der Waals surface area (Å²) in [6, 6.07) is 0. The Hall–Kier alpha value is -1.14. The lowest BCUT2D eigenvalue weighted by molar-refractivity contribution is 0.747. The predicted octanol–water partition coefficient (Wildman–Crippen LogP) is 1.54.